The highest BCUT2D eigenvalue weighted by atomic mass is 79.9. The molecule has 2 unspecified atom stereocenters. The van der Waals surface area contributed by atoms with Crippen molar-refractivity contribution in [3.8, 4) is 5.75 Å². The Kier molecular flexibility index (Phi) is 4.08. The number of pyridine rings is 1. The average molecular weight is 329 g/mol. The van der Waals surface area contributed by atoms with Gasteiger partial charge in [0.2, 0.25) is 5.75 Å². The quantitative estimate of drug-likeness (QED) is 0.469. The molecule has 1 aromatic heterocycles. The molecular weight excluding hydrogens is 312 g/mol. The third kappa shape index (κ3) is 2.33. The van der Waals surface area contributed by atoms with Crippen LogP contribution in [0.2, 0.25) is 0 Å². The maximum absolute atomic E-state index is 10.9. The van der Waals surface area contributed by atoms with Crippen molar-refractivity contribution in [1.29, 1.82) is 0 Å². The molecule has 0 aromatic carbocycles. The minimum atomic E-state index is -0.501. The van der Waals surface area contributed by atoms with E-state index >= 15 is 0 Å². The Balaban J connectivity index is 2.21. The third-order valence-electron chi connectivity index (χ3n) is 4.20. The number of nitrogens with zero attached hydrogens (tertiary/aromatic N) is 2. The minimum absolute atomic E-state index is 0.00905. The van der Waals surface area contributed by atoms with Gasteiger partial charge in [-0.25, -0.2) is 0 Å². The topological polar surface area (TPSA) is 65.3 Å². The third-order valence-corrected chi connectivity index (χ3v) is 5.48. The largest absolute Gasteiger partial charge is 0.482 e. The first kappa shape index (κ1) is 14.2. The molecule has 2 atom stereocenters. The highest BCUT2D eigenvalue weighted by molar-refractivity contribution is 9.09. The van der Waals surface area contributed by atoms with Crippen molar-refractivity contribution in [2.45, 2.75) is 44.0 Å². The van der Waals surface area contributed by atoms with Gasteiger partial charge in [-0.2, -0.15) is 0 Å². The van der Waals surface area contributed by atoms with Crippen LogP contribution in [0.25, 0.3) is 0 Å². The van der Waals surface area contributed by atoms with Gasteiger partial charge in [-0.05, 0) is 41.3 Å². The summed E-state index contributed by atoms with van der Waals surface area (Å²) >= 11 is 3.68. The molecule has 19 heavy (non-hydrogen) atoms. The Bertz CT molecular complexity index is 477. The van der Waals surface area contributed by atoms with Gasteiger partial charge >= 0.3 is 5.82 Å². The molecule has 6 heteroatoms. The Labute approximate surface area is 120 Å². The first-order valence-electron chi connectivity index (χ1n) is 6.45. The smallest absolute Gasteiger partial charge is 0.406 e. The molecule has 0 bridgehead atoms. The molecule has 0 spiro atoms. The first-order chi connectivity index (χ1) is 9.05. The lowest BCUT2D eigenvalue weighted by atomic mass is 9.62. The Morgan fingerprint density at radius 1 is 1.58 bits per heavy atom. The van der Waals surface area contributed by atoms with Crippen molar-refractivity contribution < 1.29 is 9.66 Å². The van der Waals surface area contributed by atoms with Gasteiger partial charge < -0.3 is 14.9 Å². The van der Waals surface area contributed by atoms with Gasteiger partial charge in [-0.15, -0.1) is 0 Å². The van der Waals surface area contributed by atoms with Crippen molar-refractivity contribution in [1.82, 2.24) is 4.98 Å². The lowest BCUT2D eigenvalue weighted by molar-refractivity contribution is -0.391. The van der Waals surface area contributed by atoms with Crippen LogP contribution in [0.3, 0.4) is 0 Å². The minimum Gasteiger partial charge on any atom is -0.482 e. The summed E-state index contributed by atoms with van der Waals surface area (Å²) in [4.78, 5) is 14.6. The summed E-state index contributed by atoms with van der Waals surface area (Å²) in [5.74, 6) is 0.0600. The number of hydrogen-bond acceptors (Lipinski definition) is 4. The molecule has 0 radical (unpaired) electrons. The predicted molar refractivity (Wildman–Crippen MR) is 75.7 cm³/mol. The summed E-state index contributed by atoms with van der Waals surface area (Å²) in [6, 6.07) is 3.27. The normalized spacial score (nSPS) is 24.6. The molecule has 5 nitrogen and oxygen atoms in total. The van der Waals surface area contributed by atoms with Gasteiger partial charge in [0.05, 0.1) is 0 Å². The zero-order chi connectivity index (χ0) is 14.0. The molecule has 1 aliphatic carbocycles. The van der Waals surface area contributed by atoms with Crippen LogP contribution in [-0.4, -0.2) is 20.8 Å². The van der Waals surface area contributed by atoms with E-state index in [0.29, 0.717) is 4.83 Å². The van der Waals surface area contributed by atoms with E-state index in [1.165, 1.54) is 6.20 Å². The standard InChI is InChI=1S/C13H17BrN2O3/c1-3-13(4-2)10(14)8-11(13)19-9-6-5-7-15-12(9)16(17)18/h5-7,10-11H,3-4,8H2,1-2H3. The fraction of sp³-hybridized carbons (Fsp3) is 0.615. The van der Waals surface area contributed by atoms with Crippen LogP contribution in [0, 0.1) is 15.5 Å². The van der Waals surface area contributed by atoms with Gasteiger partial charge in [-0.3, -0.25) is 0 Å². The number of aromatic nitrogens is 1. The van der Waals surface area contributed by atoms with E-state index in [1.54, 1.807) is 12.1 Å². The predicted octanol–water partition coefficient (Wildman–Crippen LogP) is 3.71. The summed E-state index contributed by atoms with van der Waals surface area (Å²) in [6.07, 6.45) is 4.26. The lowest BCUT2D eigenvalue weighted by Gasteiger charge is -2.52. The number of alkyl halides is 1. The molecule has 2 rings (SSSR count). The van der Waals surface area contributed by atoms with E-state index in [0.717, 1.165) is 19.3 Å². The highest BCUT2D eigenvalue weighted by Gasteiger charge is 2.53. The fourth-order valence-corrected chi connectivity index (χ4v) is 4.06. The summed E-state index contributed by atoms with van der Waals surface area (Å²) in [7, 11) is 0. The van der Waals surface area contributed by atoms with E-state index in [-0.39, 0.29) is 23.1 Å². The van der Waals surface area contributed by atoms with Gasteiger partial charge in [0.1, 0.15) is 12.3 Å². The molecule has 1 aliphatic rings. The van der Waals surface area contributed by atoms with Gasteiger partial charge in [-0.1, -0.05) is 29.8 Å². The number of hydrogen-bond donors (Lipinski definition) is 0. The summed E-state index contributed by atoms with van der Waals surface area (Å²) in [5, 5.41) is 10.9. The zero-order valence-corrected chi connectivity index (χ0v) is 12.6. The van der Waals surface area contributed by atoms with Crippen LogP contribution in [0.5, 0.6) is 5.75 Å². The summed E-state index contributed by atoms with van der Waals surface area (Å²) in [6.45, 7) is 4.26. The second-order valence-electron chi connectivity index (χ2n) is 4.83. The summed E-state index contributed by atoms with van der Waals surface area (Å²) < 4.78 is 5.88. The van der Waals surface area contributed by atoms with Crippen molar-refractivity contribution in [3.63, 3.8) is 0 Å². The van der Waals surface area contributed by atoms with E-state index in [4.69, 9.17) is 4.74 Å². The van der Waals surface area contributed by atoms with Crippen molar-refractivity contribution in [3.05, 3.63) is 28.4 Å². The Hall–Kier alpha value is -1.17. The van der Waals surface area contributed by atoms with Gasteiger partial charge in [0.15, 0.2) is 0 Å². The van der Waals surface area contributed by atoms with E-state index in [1.807, 2.05) is 0 Å². The molecule has 1 heterocycles. The number of halogens is 1. The highest BCUT2D eigenvalue weighted by Crippen LogP contribution is 2.53. The maximum Gasteiger partial charge on any atom is 0.406 e. The number of rotatable bonds is 5. The Morgan fingerprint density at radius 3 is 2.79 bits per heavy atom. The molecular formula is C13H17BrN2O3. The lowest BCUT2D eigenvalue weighted by Crippen LogP contribution is -2.56. The second-order valence-corrected chi connectivity index (χ2v) is 5.94. The molecule has 1 saturated carbocycles. The monoisotopic (exact) mass is 328 g/mol. The molecule has 0 N–H and O–H groups in total. The number of ether oxygens (including phenoxy) is 1. The van der Waals surface area contributed by atoms with E-state index in [9.17, 15) is 10.1 Å². The molecule has 0 saturated heterocycles. The fourth-order valence-electron chi connectivity index (χ4n) is 2.78. The molecule has 1 aromatic rings. The Morgan fingerprint density at radius 2 is 2.26 bits per heavy atom. The van der Waals surface area contributed by atoms with Crippen LogP contribution >= 0.6 is 15.9 Å². The van der Waals surface area contributed by atoms with Crippen LogP contribution in [0.4, 0.5) is 5.82 Å². The van der Waals surface area contributed by atoms with Crippen LogP contribution < -0.4 is 4.74 Å². The van der Waals surface area contributed by atoms with Crippen molar-refractivity contribution >= 4 is 21.7 Å². The van der Waals surface area contributed by atoms with E-state index in [2.05, 4.69) is 34.8 Å². The molecule has 1 fully saturated rings. The van der Waals surface area contributed by atoms with Crippen molar-refractivity contribution in [2.24, 2.45) is 5.41 Å². The number of nitro groups is 1. The SMILES string of the molecule is CCC1(CC)C(Br)CC1Oc1cccnc1[N+](=O)[O-]. The summed E-state index contributed by atoms with van der Waals surface area (Å²) in [5.41, 5.74) is 0.0592. The zero-order valence-electron chi connectivity index (χ0n) is 11.0. The average Bonchev–Trinajstić information content (AvgIpc) is 2.40. The van der Waals surface area contributed by atoms with Crippen molar-refractivity contribution in [2.75, 3.05) is 0 Å². The molecule has 0 aliphatic heterocycles. The van der Waals surface area contributed by atoms with Crippen LogP contribution in [-0.2, 0) is 0 Å². The maximum atomic E-state index is 10.9. The van der Waals surface area contributed by atoms with Crippen LogP contribution in [0.1, 0.15) is 33.1 Å². The molecule has 104 valence electrons. The van der Waals surface area contributed by atoms with Crippen LogP contribution in [0.15, 0.2) is 18.3 Å². The van der Waals surface area contributed by atoms with E-state index < -0.39 is 4.92 Å². The first-order valence-corrected chi connectivity index (χ1v) is 7.36. The van der Waals surface area contributed by atoms with Gasteiger partial charge in [0, 0.05) is 10.2 Å². The van der Waals surface area contributed by atoms with Gasteiger partial charge in [0.25, 0.3) is 0 Å². The second kappa shape index (κ2) is 5.45. The molecule has 0 amide bonds.